The van der Waals surface area contributed by atoms with Gasteiger partial charge in [0.05, 0.1) is 11.4 Å². The van der Waals surface area contributed by atoms with Crippen LogP contribution in [-0.2, 0) is 12.2 Å². The number of fused-ring (bicyclic) bond motifs is 1. The maximum Gasteiger partial charge on any atom is 0.253 e. The predicted octanol–water partition coefficient (Wildman–Crippen LogP) is 5.86. The number of carbonyl (C=O) groups is 1. The minimum Gasteiger partial charge on any atom is -0.342 e. The fourth-order valence-corrected chi connectivity index (χ4v) is 4.78. The molecule has 0 aliphatic heterocycles. The molecule has 0 atom stereocenters. The van der Waals surface area contributed by atoms with Gasteiger partial charge in [-0.05, 0) is 79.6 Å². The molecule has 0 radical (unpaired) electrons. The minimum absolute atomic E-state index is 0.00325. The van der Waals surface area contributed by atoms with E-state index in [0.717, 1.165) is 51.8 Å². The zero-order chi connectivity index (χ0) is 24.9. The number of hydrogen-bond donors (Lipinski definition) is 1. The second-order valence-corrected chi connectivity index (χ2v) is 9.68. The van der Waals surface area contributed by atoms with Gasteiger partial charge in [0.25, 0.3) is 5.91 Å². The van der Waals surface area contributed by atoms with E-state index in [-0.39, 0.29) is 11.7 Å². The third-order valence-electron chi connectivity index (χ3n) is 5.96. The Bertz CT molecular complexity index is 1430. The van der Waals surface area contributed by atoms with Crippen LogP contribution in [-0.4, -0.2) is 44.0 Å². The first kappa shape index (κ1) is 23.8. The minimum atomic E-state index is -0.265. The summed E-state index contributed by atoms with van der Waals surface area (Å²) in [6, 6.07) is 22.0. The van der Waals surface area contributed by atoms with Gasteiger partial charge in [0, 0.05) is 53.5 Å². The quantitative estimate of drug-likeness (QED) is 0.258. The number of imidazole rings is 1. The van der Waals surface area contributed by atoms with E-state index in [1.807, 2.05) is 72.4 Å². The molecule has 1 N–H and O–H groups in total. The number of carbonyl (C=O) groups excluding carboxylic acids is 1. The van der Waals surface area contributed by atoms with Crippen LogP contribution in [0.25, 0.3) is 16.9 Å². The number of nitrogens with zero attached hydrogens (tertiary/aromatic N) is 4. The number of H-pyrrole nitrogens is 1. The summed E-state index contributed by atoms with van der Waals surface area (Å²) in [5, 5.41) is 7.35. The molecule has 0 aliphatic carbocycles. The van der Waals surface area contributed by atoms with Crippen molar-refractivity contribution in [3.8, 4) is 11.3 Å². The monoisotopic (exact) mass is 499 g/mol. The predicted molar refractivity (Wildman–Crippen MR) is 140 cm³/mol. The number of aryl methyl sites for hydroxylation is 1. The third-order valence-corrected chi connectivity index (χ3v) is 7.00. The molecule has 6 nitrogen and oxygen atoms in total. The molecular weight excluding hydrogens is 473 g/mol. The lowest BCUT2D eigenvalue weighted by molar-refractivity contribution is 0.0793. The molecular formula is C28H26FN5OS. The average Bonchev–Trinajstić information content (AvgIpc) is 3.55. The van der Waals surface area contributed by atoms with E-state index in [1.54, 1.807) is 28.8 Å². The second-order valence-electron chi connectivity index (χ2n) is 8.63. The van der Waals surface area contributed by atoms with E-state index in [9.17, 15) is 9.18 Å². The van der Waals surface area contributed by atoms with Crippen LogP contribution in [0, 0.1) is 5.82 Å². The lowest BCUT2D eigenvalue weighted by atomic mass is 10.1. The number of halogens is 1. The van der Waals surface area contributed by atoms with Crippen molar-refractivity contribution in [2.24, 2.45) is 0 Å². The number of nitrogens with one attached hydrogen (secondary N) is 1. The number of benzene rings is 2. The first-order valence-electron chi connectivity index (χ1n) is 11.8. The van der Waals surface area contributed by atoms with Crippen molar-refractivity contribution >= 4 is 23.3 Å². The number of pyridine rings is 1. The molecule has 0 bridgehead atoms. The molecule has 0 saturated carbocycles. The van der Waals surface area contributed by atoms with Gasteiger partial charge < -0.3 is 9.30 Å². The molecule has 0 unspecified atom stereocenters. The van der Waals surface area contributed by atoms with Crippen molar-refractivity contribution < 1.29 is 9.18 Å². The van der Waals surface area contributed by atoms with E-state index in [4.69, 9.17) is 0 Å². The number of rotatable bonds is 9. The van der Waals surface area contributed by atoms with Crippen LogP contribution < -0.4 is 0 Å². The molecule has 0 spiro atoms. The third kappa shape index (κ3) is 5.66. The fourth-order valence-electron chi connectivity index (χ4n) is 3.99. The Balaban J connectivity index is 1.09. The molecule has 5 aromatic rings. The maximum absolute atomic E-state index is 13.1. The highest BCUT2D eigenvalue weighted by Gasteiger charge is 2.12. The summed E-state index contributed by atoms with van der Waals surface area (Å²) in [7, 11) is 1.82. The van der Waals surface area contributed by atoms with Crippen molar-refractivity contribution in [2.45, 2.75) is 23.5 Å². The number of amides is 1. The summed E-state index contributed by atoms with van der Waals surface area (Å²) in [5.41, 5.74) is 5.28. The molecule has 0 saturated heterocycles. The Morgan fingerprint density at radius 3 is 2.67 bits per heavy atom. The summed E-state index contributed by atoms with van der Waals surface area (Å²) >= 11 is 1.70. The van der Waals surface area contributed by atoms with Crippen molar-refractivity contribution in [3.05, 3.63) is 108 Å². The van der Waals surface area contributed by atoms with Crippen molar-refractivity contribution in [1.82, 2.24) is 24.5 Å². The highest BCUT2D eigenvalue weighted by Crippen LogP contribution is 2.23. The zero-order valence-corrected chi connectivity index (χ0v) is 20.7. The lowest BCUT2D eigenvalue weighted by Crippen LogP contribution is -2.28. The maximum atomic E-state index is 13.1. The number of thioether (sulfide) groups is 1. The zero-order valence-electron chi connectivity index (χ0n) is 19.9. The van der Waals surface area contributed by atoms with E-state index >= 15 is 0 Å². The van der Waals surface area contributed by atoms with E-state index < -0.39 is 0 Å². The molecule has 0 fully saturated rings. The van der Waals surface area contributed by atoms with Crippen molar-refractivity contribution in [3.63, 3.8) is 0 Å². The van der Waals surface area contributed by atoms with E-state index in [0.29, 0.717) is 12.1 Å². The van der Waals surface area contributed by atoms with Crippen LogP contribution in [0.5, 0.6) is 0 Å². The number of hydrogen-bond acceptors (Lipinski definition) is 4. The van der Waals surface area contributed by atoms with Crippen molar-refractivity contribution in [1.29, 1.82) is 0 Å². The summed E-state index contributed by atoms with van der Waals surface area (Å²) < 4.78 is 15.1. The Labute approximate surface area is 213 Å². The molecule has 182 valence electrons. The Hall–Kier alpha value is -3.91. The summed E-state index contributed by atoms with van der Waals surface area (Å²) in [5.74, 6) is 0.507. The molecule has 1 amide bonds. The number of aromatic nitrogens is 4. The molecule has 3 aromatic heterocycles. The average molecular weight is 500 g/mol. The molecule has 3 heterocycles. The van der Waals surface area contributed by atoms with Crippen LogP contribution >= 0.6 is 11.8 Å². The van der Waals surface area contributed by atoms with E-state index in [2.05, 4.69) is 15.2 Å². The van der Waals surface area contributed by atoms with Crippen molar-refractivity contribution in [2.75, 3.05) is 13.6 Å². The van der Waals surface area contributed by atoms with E-state index in [1.165, 1.54) is 12.1 Å². The van der Waals surface area contributed by atoms with Gasteiger partial charge in [0.2, 0.25) is 0 Å². The van der Waals surface area contributed by atoms with Gasteiger partial charge in [-0.2, -0.15) is 5.10 Å². The van der Waals surface area contributed by atoms with Gasteiger partial charge in [0.15, 0.2) is 0 Å². The van der Waals surface area contributed by atoms with Gasteiger partial charge in [0.1, 0.15) is 11.5 Å². The van der Waals surface area contributed by atoms with Gasteiger partial charge in [-0.15, -0.1) is 11.8 Å². The normalized spacial score (nSPS) is 11.2. The SMILES string of the molecule is CN(CCCc1cc(-c2ccc(F)cc2)n[nH]1)C(=O)c1ccc(SCc2cn3ccccc3n2)cc1. The molecule has 8 heteroatoms. The summed E-state index contributed by atoms with van der Waals surface area (Å²) in [6.45, 7) is 0.633. The molecule has 2 aromatic carbocycles. The van der Waals surface area contributed by atoms with Crippen LogP contribution in [0.1, 0.15) is 28.2 Å². The first-order chi connectivity index (χ1) is 17.5. The second kappa shape index (κ2) is 10.8. The van der Waals surface area contributed by atoms with Gasteiger partial charge >= 0.3 is 0 Å². The smallest absolute Gasteiger partial charge is 0.253 e. The van der Waals surface area contributed by atoms with Gasteiger partial charge in [-0.25, -0.2) is 9.37 Å². The van der Waals surface area contributed by atoms with Crippen LogP contribution in [0.15, 0.2) is 90.1 Å². The highest BCUT2D eigenvalue weighted by molar-refractivity contribution is 7.98. The molecule has 36 heavy (non-hydrogen) atoms. The Morgan fingerprint density at radius 1 is 1.08 bits per heavy atom. The fraction of sp³-hybridized carbons (Fsp3) is 0.179. The van der Waals surface area contributed by atoms with Crippen LogP contribution in [0.4, 0.5) is 4.39 Å². The Morgan fingerprint density at radius 2 is 1.89 bits per heavy atom. The number of aromatic amines is 1. The topological polar surface area (TPSA) is 66.3 Å². The summed E-state index contributed by atoms with van der Waals surface area (Å²) in [6.07, 6.45) is 5.61. The molecule has 5 rings (SSSR count). The van der Waals surface area contributed by atoms with Crippen LogP contribution in [0.3, 0.4) is 0 Å². The first-order valence-corrected chi connectivity index (χ1v) is 12.7. The highest BCUT2D eigenvalue weighted by atomic mass is 32.2. The van der Waals surface area contributed by atoms with Crippen LogP contribution in [0.2, 0.25) is 0 Å². The largest absolute Gasteiger partial charge is 0.342 e. The lowest BCUT2D eigenvalue weighted by Gasteiger charge is -2.17. The summed E-state index contributed by atoms with van der Waals surface area (Å²) in [4.78, 5) is 20.3. The molecule has 0 aliphatic rings. The Kier molecular flexibility index (Phi) is 7.13. The van der Waals surface area contributed by atoms with Gasteiger partial charge in [-0.3, -0.25) is 9.89 Å². The van der Waals surface area contributed by atoms with Gasteiger partial charge in [-0.1, -0.05) is 6.07 Å². The standard InChI is InChI=1S/C28H26FN5OS/c1-33(15-4-5-23-17-26(32-31-23)20-7-11-22(29)12-8-20)28(35)21-9-13-25(14-10-21)36-19-24-18-34-16-3-2-6-27(34)30-24/h2-3,6-14,16-18H,4-5,15,19H2,1H3,(H,31,32).